The lowest BCUT2D eigenvalue weighted by Gasteiger charge is -2.37. The van der Waals surface area contributed by atoms with E-state index in [-0.39, 0.29) is 17.4 Å². The van der Waals surface area contributed by atoms with Gasteiger partial charge in [-0.1, -0.05) is 29.8 Å². The van der Waals surface area contributed by atoms with Gasteiger partial charge in [0.15, 0.2) is 11.5 Å². The minimum Gasteiger partial charge on any atom is -0.504 e. The van der Waals surface area contributed by atoms with Crippen LogP contribution in [-0.2, 0) is 0 Å². The molecule has 0 spiro atoms. The molecular formula is C22H18ClN3O4. The van der Waals surface area contributed by atoms with Crippen molar-refractivity contribution in [2.45, 2.75) is 6.17 Å². The minimum atomic E-state index is -0.724. The molecule has 7 nitrogen and oxygen atoms in total. The average molecular weight is 424 g/mol. The largest absolute Gasteiger partial charge is 0.504 e. The lowest BCUT2D eigenvalue weighted by Crippen LogP contribution is -2.52. The normalized spacial score (nSPS) is 15.2. The summed E-state index contributed by atoms with van der Waals surface area (Å²) >= 11 is 5.89. The van der Waals surface area contributed by atoms with Gasteiger partial charge in [-0.2, -0.15) is 0 Å². The summed E-state index contributed by atoms with van der Waals surface area (Å²) in [5, 5.41) is 14.9. The highest BCUT2D eigenvalue weighted by Crippen LogP contribution is 2.35. The molecule has 1 aliphatic heterocycles. The van der Waals surface area contributed by atoms with Crippen LogP contribution in [0.3, 0.4) is 0 Å². The highest BCUT2D eigenvalue weighted by atomic mass is 35.5. The second-order valence-electron chi connectivity index (χ2n) is 6.65. The van der Waals surface area contributed by atoms with E-state index in [0.717, 1.165) is 0 Å². The Bertz CT molecular complexity index is 1120. The molecule has 1 unspecified atom stereocenters. The first-order chi connectivity index (χ1) is 14.5. The van der Waals surface area contributed by atoms with E-state index >= 15 is 0 Å². The Morgan fingerprint density at radius 1 is 1.13 bits per heavy atom. The van der Waals surface area contributed by atoms with E-state index < -0.39 is 12.1 Å². The zero-order valence-electron chi connectivity index (χ0n) is 15.9. The molecule has 8 heteroatoms. The molecule has 0 aromatic heterocycles. The van der Waals surface area contributed by atoms with Gasteiger partial charge in [0.2, 0.25) is 0 Å². The molecule has 30 heavy (non-hydrogen) atoms. The van der Waals surface area contributed by atoms with Crippen molar-refractivity contribution in [3.05, 3.63) is 88.4 Å². The number of rotatable bonds is 4. The van der Waals surface area contributed by atoms with Crippen molar-refractivity contribution in [3.8, 4) is 11.5 Å². The van der Waals surface area contributed by atoms with Crippen LogP contribution in [0.15, 0.2) is 66.7 Å². The smallest absolute Gasteiger partial charge is 0.276 e. The molecule has 0 saturated heterocycles. The number of carbonyl (C=O) groups excluding carboxylic acids is 2. The third-order valence-electron chi connectivity index (χ3n) is 4.77. The van der Waals surface area contributed by atoms with Gasteiger partial charge >= 0.3 is 0 Å². The van der Waals surface area contributed by atoms with Gasteiger partial charge in [0.1, 0.15) is 6.17 Å². The summed E-state index contributed by atoms with van der Waals surface area (Å²) in [6.07, 6.45) is -0.724. The molecule has 3 N–H and O–H groups in total. The summed E-state index contributed by atoms with van der Waals surface area (Å²) in [5.41, 5.74) is 4.71. The predicted molar refractivity (Wildman–Crippen MR) is 113 cm³/mol. The van der Waals surface area contributed by atoms with E-state index in [0.29, 0.717) is 27.4 Å². The number of amides is 2. The van der Waals surface area contributed by atoms with Crippen LogP contribution < -0.4 is 15.5 Å². The van der Waals surface area contributed by atoms with Crippen LogP contribution in [0, 0.1) is 0 Å². The van der Waals surface area contributed by atoms with Gasteiger partial charge in [0.25, 0.3) is 11.8 Å². The van der Waals surface area contributed by atoms with Crippen LogP contribution in [0.1, 0.15) is 32.4 Å². The van der Waals surface area contributed by atoms with E-state index in [4.69, 9.17) is 16.3 Å². The van der Waals surface area contributed by atoms with Crippen LogP contribution >= 0.6 is 11.6 Å². The average Bonchev–Trinajstić information content (AvgIpc) is 2.76. The van der Waals surface area contributed by atoms with E-state index in [2.05, 4.69) is 10.7 Å². The van der Waals surface area contributed by atoms with Crippen molar-refractivity contribution in [1.29, 1.82) is 0 Å². The molecule has 152 valence electrons. The Morgan fingerprint density at radius 2 is 1.87 bits per heavy atom. The first kappa shape index (κ1) is 19.6. The van der Waals surface area contributed by atoms with Crippen molar-refractivity contribution in [1.82, 2.24) is 10.4 Å². The molecule has 1 aliphatic rings. The highest BCUT2D eigenvalue weighted by Gasteiger charge is 2.34. The number of anilines is 1. The lowest BCUT2D eigenvalue weighted by molar-refractivity contribution is 0.0490. The van der Waals surface area contributed by atoms with Crippen molar-refractivity contribution < 1.29 is 19.4 Å². The maximum Gasteiger partial charge on any atom is 0.276 e. The molecule has 2 amide bonds. The van der Waals surface area contributed by atoms with Gasteiger partial charge in [0, 0.05) is 21.8 Å². The van der Waals surface area contributed by atoms with Crippen molar-refractivity contribution in [2.24, 2.45) is 0 Å². The molecule has 3 aromatic rings. The second-order valence-corrected chi connectivity index (χ2v) is 7.08. The Kier molecular flexibility index (Phi) is 5.20. The summed E-state index contributed by atoms with van der Waals surface area (Å²) in [5.74, 6) is -0.606. The molecular weight excluding hydrogens is 406 g/mol. The highest BCUT2D eigenvalue weighted by molar-refractivity contribution is 6.30. The zero-order valence-corrected chi connectivity index (χ0v) is 16.7. The standard InChI is InChI=1S/C22H18ClN3O4/c1-30-19-12-14(8-11-18(19)27)20-24-17-5-3-2-4-16(17)22(29)26(20)25-21(28)13-6-9-15(23)10-7-13/h2-12,20,24,27H,1H3,(H,25,28). The number of hydrogen-bond acceptors (Lipinski definition) is 5. The quantitative estimate of drug-likeness (QED) is 0.590. The summed E-state index contributed by atoms with van der Waals surface area (Å²) < 4.78 is 5.19. The Morgan fingerprint density at radius 3 is 2.60 bits per heavy atom. The third kappa shape index (κ3) is 3.62. The predicted octanol–water partition coefficient (Wildman–Crippen LogP) is 3.97. The van der Waals surface area contributed by atoms with Gasteiger partial charge in [-0.05, 0) is 48.5 Å². The molecule has 0 fully saturated rings. The third-order valence-corrected chi connectivity index (χ3v) is 5.03. The number of methoxy groups -OCH3 is 1. The molecule has 0 radical (unpaired) electrons. The zero-order chi connectivity index (χ0) is 21.3. The number of fused-ring (bicyclic) bond motifs is 1. The van der Waals surface area contributed by atoms with Crippen LogP contribution in [0.25, 0.3) is 0 Å². The van der Waals surface area contributed by atoms with E-state index in [9.17, 15) is 14.7 Å². The number of phenolic OH excluding ortho intramolecular Hbond substituents is 1. The van der Waals surface area contributed by atoms with Crippen LogP contribution in [-0.4, -0.2) is 29.0 Å². The minimum absolute atomic E-state index is 0.0273. The lowest BCUT2D eigenvalue weighted by atomic mass is 10.0. The van der Waals surface area contributed by atoms with Gasteiger partial charge in [-0.25, -0.2) is 5.01 Å². The number of carbonyl (C=O) groups is 2. The maximum absolute atomic E-state index is 13.2. The molecule has 4 rings (SSSR count). The molecule has 3 aromatic carbocycles. The van der Waals surface area contributed by atoms with Crippen LogP contribution in [0.2, 0.25) is 5.02 Å². The fourth-order valence-corrected chi connectivity index (χ4v) is 3.37. The SMILES string of the molecule is COc1cc(C2Nc3ccccc3C(=O)N2NC(=O)c2ccc(Cl)cc2)ccc1O. The number of phenols is 1. The van der Waals surface area contributed by atoms with Crippen molar-refractivity contribution in [3.63, 3.8) is 0 Å². The maximum atomic E-state index is 13.2. The van der Waals surface area contributed by atoms with Crippen LogP contribution in [0.5, 0.6) is 11.5 Å². The number of ether oxygens (including phenoxy) is 1. The van der Waals surface area contributed by atoms with E-state index in [1.165, 1.54) is 18.2 Å². The second kappa shape index (κ2) is 7.96. The monoisotopic (exact) mass is 423 g/mol. The number of nitrogens with zero attached hydrogens (tertiary/aromatic N) is 1. The molecule has 0 aliphatic carbocycles. The number of halogens is 1. The van der Waals surface area contributed by atoms with Gasteiger partial charge in [-0.3, -0.25) is 15.0 Å². The first-order valence-corrected chi connectivity index (χ1v) is 9.48. The number of aromatic hydroxyl groups is 1. The number of nitrogens with one attached hydrogen (secondary N) is 2. The summed E-state index contributed by atoms with van der Waals surface area (Å²) in [6, 6.07) is 18.1. The van der Waals surface area contributed by atoms with Crippen molar-refractivity contribution in [2.75, 3.05) is 12.4 Å². The van der Waals surface area contributed by atoms with Gasteiger partial charge in [0.05, 0.1) is 12.7 Å². The Hall–Kier alpha value is -3.71. The molecule has 1 heterocycles. The summed E-state index contributed by atoms with van der Waals surface area (Å²) in [7, 11) is 1.44. The van der Waals surface area contributed by atoms with E-state index in [1.807, 2.05) is 6.07 Å². The summed E-state index contributed by atoms with van der Waals surface area (Å²) in [4.78, 5) is 26.0. The fraction of sp³-hybridized carbons (Fsp3) is 0.0909. The topological polar surface area (TPSA) is 90.9 Å². The number of hydrogen-bond donors (Lipinski definition) is 3. The molecule has 0 saturated carbocycles. The Balaban J connectivity index is 1.73. The van der Waals surface area contributed by atoms with Gasteiger partial charge in [-0.15, -0.1) is 0 Å². The van der Waals surface area contributed by atoms with Crippen LogP contribution in [0.4, 0.5) is 5.69 Å². The molecule has 0 bridgehead atoms. The Labute approximate surface area is 177 Å². The summed E-state index contributed by atoms with van der Waals surface area (Å²) in [6.45, 7) is 0. The van der Waals surface area contributed by atoms with E-state index in [1.54, 1.807) is 54.6 Å². The molecule has 1 atom stereocenters. The fourth-order valence-electron chi connectivity index (χ4n) is 3.24. The number of benzene rings is 3. The van der Waals surface area contributed by atoms with Crippen molar-refractivity contribution >= 4 is 29.1 Å². The first-order valence-electron chi connectivity index (χ1n) is 9.10. The van der Waals surface area contributed by atoms with Gasteiger partial charge < -0.3 is 15.2 Å². The number of hydrazine groups is 1. The number of para-hydroxylation sites is 1.